The molecule has 1 saturated heterocycles. The highest BCUT2D eigenvalue weighted by Crippen LogP contribution is 2.27. The number of anilines is 1. The average Bonchev–Trinajstić information content (AvgIpc) is 3.32. The summed E-state index contributed by atoms with van der Waals surface area (Å²) >= 11 is 0. The molecule has 1 heterocycles. The fourth-order valence-electron chi connectivity index (χ4n) is 2.68. The predicted molar refractivity (Wildman–Crippen MR) is 80.8 cm³/mol. The Bertz CT molecular complexity index is 479. The number of nitrogens with one attached hydrogen (secondary N) is 1. The van der Waals surface area contributed by atoms with Crippen molar-refractivity contribution in [1.82, 2.24) is 10.2 Å². The molecule has 0 radical (unpaired) electrons. The van der Waals surface area contributed by atoms with E-state index in [2.05, 4.69) is 10.2 Å². The summed E-state index contributed by atoms with van der Waals surface area (Å²) in [7, 11) is 0. The van der Waals surface area contributed by atoms with Crippen LogP contribution in [-0.2, 0) is 4.79 Å². The van der Waals surface area contributed by atoms with E-state index in [0.29, 0.717) is 6.54 Å². The van der Waals surface area contributed by atoms with E-state index in [1.54, 1.807) is 12.1 Å². The van der Waals surface area contributed by atoms with Crippen LogP contribution in [0.5, 0.6) is 0 Å². The van der Waals surface area contributed by atoms with Crippen molar-refractivity contribution in [3.05, 3.63) is 30.1 Å². The van der Waals surface area contributed by atoms with Gasteiger partial charge in [-0.15, -0.1) is 0 Å². The van der Waals surface area contributed by atoms with E-state index in [9.17, 15) is 9.18 Å². The number of carbonyl (C=O) groups excluding carboxylic acids is 1. The number of amides is 1. The van der Waals surface area contributed by atoms with E-state index in [0.717, 1.165) is 44.3 Å². The molecule has 5 heteroatoms. The standard InChI is InChI=1S/C16H22FN3O/c17-14-3-5-15(6-4-14)19-7-9-20(10-8-19)16(21)12-18-11-13-1-2-13/h3-6,13,18H,1-2,7-12H2. The lowest BCUT2D eigenvalue weighted by Gasteiger charge is -2.36. The summed E-state index contributed by atoms with van der Waals surface area (Å²) in [4.78, 5) is 16.2. The van der Waals surface area contributed by atoms with E-state index in [1.165, 1.54) is 25.0 Å². The van der Waals surface area contributed by atoms with Crippen LogP contribution in [0.2, 0.25) is 0 Å². The summed E-state index contributed by atoms with van der Waals surface area (Å²) in [5, 5.41) is 3.25. The Balaban J connectivity index is 1.43. The number of hydrogen-bond acceptors (Lipinski definition) is 3. The van der Waals surface area contributed by atoms with Gasteiger partial charge in [-0.25, -0.2) is 4.39 Å². The van der Waals surface area contributed by atoms with Gasteiger partial charge < -0.3 is 15.1 Å². The van der Waals surface area contributed by atoms with Crippen molar-refractivity contribution in [2.75, 3.05) is 44.2 Å². The number of carbonyl (C=O) groups is 1. The van der Waals surface area contributed by atoms with Gasteiger partial charge in [-0.1, -0.05) is 0 Å². The third-order valence-corrected chi connectivity index (χ3v) is 4.23. The SMILES string of the molecule is O=C(CNCC1CC1)N1CCN(c2ccc(F)cc2)CC1. The van der Waals surface area contributed by atoms with Crippen molar-refractivity contribution >= 4 is 11.6 Å². The number of benzene rings is 1. The molecule has 1 aliphatic carbocycles. The number of nitrogens with zero attached hydrogens (tertiary/aromatic N) is 2. The zero-order valence-electron chi connectivity index (χ0n) is 12.2. The molecule has 1 aliphatic heterocycles. The molecule has 3 rings (SSSR count). The minimum Gasteiger partial charge on any atom is -0.368 e. The summed E-state index contributed by atoms with van der Waals surface area (Å²) in [6.45, 7) is 4.51. The molecule has 0 bridgehead atoms. The second kappa shape index (κ2) is 6.43. The van der Waals surface area contributed by atoms with Crippen molar-refractivity contribution in [2.45, 2.75) is 12.8 Å². The van der Waals surface area contributed by atoms with E-state index in [1.807, 2.05) is 4.90 Å². The van der Waals surface area contributed by atoms with Gasteiger partial charge in [0.1, 0.15) is 5.82 Å². The third kappa shape index (κ3) is 3.94. The molecule has 1 N–H and O–H groups in total. The molecular formula is C16H22FN3O. The van der Waals surface area contributed by atoms with Gasteiger partial charge in [0.05, 0.1) is 6.54 Å². The summed E-state index contributed by atoms with van der Waals surface area (Å²) < 4.78 is 12.9. The van der Waals surface area contributed by atoms with Crippen LogP contribution in [0, 0.1) is 11.7 Å². The Morgan fingerprint density at radius 3 is 2.43 bits per heavy atom. The first-order valence-corrected chi connectivity index (χ1v) is 7.71. The van der Waals surface area contributed by atoms with Gasteiger partial charge in [0, 0.05) is 31.9 Å². The van der Waals surface area contributed by atoms with Crippen LogP contribution >= 0.6 is 0 Å². The Labute approximate surface area is 124 Å². The number of hydrogen-bond donors (Lipinski definition) is 1. The van der Waals surface area contributed by atoms with Gasteiger partial charge in [-0.2, -0.15) is 0 Å². The van der Waals surface area contributed by atoms with Gasteiger partial charge in [0.25, 0.3) is 0 Å². The second-order valence-electron chi connectivity index (χ2n) is 5.92. The predicted octanol–water partition coefficient (Wildman–Crippen LogP) is 1.47. The van der Waals surface area contributed by atoms with Crippen LogP contribution in [-0.4, -0.2) is 50.1 Å². The molecule has 2 fully saturated rings. The van der Waals surface area contributed by atoms with Gasteiger partial charge >= 0.3 is 0 Å². The largest absolute Gasteiger partial charge is 0.368 e. The number of rotatable bonds is 5. The monoisotopic (exact) mass is 291 g/mol. The van der Waals surface area contributed by atoms with Gasteiger partial charge in [0.2, 0.25) is 5.91 Å². The molecule has 4 nitrogen and oxygen atoms in total. The highest BCUT2D eigenvalue weighted by Gasteiger charge is 2.23. The fraction of sp³-hybridized carbons (Fsp3) is 0.562. The summed E-state index contributed by atoms with van der Waals surface area (Å²) in [5.41, 5.74) is 1.02. The molecule has 21 heavy (non-hydrogen) atoms. The lowest BCUT2D eigenvalue weighted by Crippen LogP contribution is -2.51. The second-order valence-corrected chi connectivity index (χ2v) is 5.92. The maximum atomic E-state index is 12.9. The Kier molecular flexibility index (Phi) is 4.39. The molecule has 114 valence electrons. The van der Waals surface area contributed by atoms with Crippen LogP contribution in [0.3, 0.4) is 0 Å². The molecule has 1 amide bonds. The highest BCUT2D eigenvalue weighted by atomic mass is 19.1. The molecule has 0 aromatic heterocycles. The maximum Gasteiger partial charge on any atom is 0.236 e. The summed E-state index contributed by atoms with van der Waals surface area (Å²) in [5.74, 6) is 0.775. The fourth-order valence-corrected chi connectivity index (χ4v) is 2.68. The lowest BCUT2D eigenvalue weighted by molar-refractivity contribution is -0.130. The lowest BCUT2D eigenvalue weighted by atomic mass is 10.2. The van der Waals surface area contributed by atoms with Crippen LogP contribution in [0.4, 0.5) is 10.1 Å². The average molecular weight is 291 g/mol. The molecule has 0 unspecified atom stereocenters. The number of piperazine rings is 1. The van der Waals surface area contributed by atoms with Crippen molar-refractivity contribution < 1.29 is 9.18 Å². The van der Waals surface area contributed by atoms with Crippen molar-refractivity contribution in [3.63, 3.8) is 0 Å². The molecule has 0 spiro atoms. The summed E-state index contributed by atoms with van der Waals surface area (Å²) in [6.07, 6.45) is 2.61. The Hall–Kier alpha value is -1.62. The van der Waals surface area contributed by atoms with E-state index in [4.69, 9.17) is 0 Å². The minimum atomic E-state index is -0.214. The topological polar surface area (TPSA) is 35.6 Å². The zero-order chi connectivity index (χ0) is 14.7. The van der Waals surface area contributed by atoms with Crippen molar-refractivity contribution in [2.24, 2.45) is 5.92 Å². The Morgan fingerprint density at radius 2 is 1.81 bits per heavy atom. The quantitative estimate of drug-likeness (QED) is 0.892. The van der Waals surface area contributed by atoms with Crippen LogP contribution in [0.15, 0.2) is 24.3 Å². The molecule has 1 aromatic rings. The first-order valence-electron chi connectivity index (χ1n) is 7.71. The first kappa shape index (κ1) is 14.3. The normalized spacial score (nSPS) is 18.9. The van der Waals surface area contributed by atoms with Crippen LogP contribution < -0.4 is 10.2 Å². The van der Waals surface area contributed by atoms with Gasteiger partial charge in [0.15, 0.2) is 0 Å². The molecular weight excluding hydrogens is 269 g/mol. The van der Waals surface area contributed by atoms with Crippen molar-refractivity contribution in [1.29, 1.82) is 0 Å². The smallest absolute Gasteiger partial charge is 0.236 e. The highest BCUT2D eigenvalue weighted by molar-refractivity contribution is 5.78. The van der Waals surface area contributed by atoms with Gasteiger partial charge in [-0.05, 0) is 49.6 Å². The van der Waals surface area contributed by atoms with Crippen molar-refractivity contribution in [3.8, 4) is 0 Å². The van der Waals surface area contributed by atoms with Gasteiger partial charge in [-0.3, -0.25) is 4.79 Å². The molecule has 0 atom stereocenters. The number of halogens is 1. The van der Waals surface area contributed by atoms with Crippen LogP contribution in [0.25, 0.3) is 0 Å². The third-order valence-electron chi connectivity index (χ3n) is 4.23. The zero-order valence-corrected chi connectivity index (χ0v) is 12.2. The Morgan fingerprint density at radius 1 is 1.14 bits per heavy atom. The minimum absolute atomic E-state index is 0.189. The van der Waals surface area contributed by atoms with E-state index < -0.39 is 0 Å². The first-order chi connectivity index (χ1) is 10.2. The molecule has 1 aromatic carbocycles. The molecule has 1 saturated carbocycles. The van der Waals surface area contributed by atoms with Crippen LogP contribution in [0.1, 0.15) is 12.8 Å². The summed E-state index contributed by atoms with van der Waals surface area (Å²) in [6, 6.07) is 6.55. The molecule has 2 aliphatic rings. The van der Waals surface area contributed by atoms with E-state index >= 15 is 0 Å². The maximum absolute atomic E-state index is 12.9. The van der Waals surface area contributed by atoms with E-state index in [-0.39, 0.29) is 11.7 Å².